The monoisotopic (exact) mass is 513 g/mol. The largest absolute Gasteiger partial charge is 0.490 e. The van der Waals surface area contributed by atoms with Crippen molar-refractivity contribution in [3.63, 3.8) is 0 Å². The first-order valence-electron chi connectivity index (χ1n) is 10.6. The number of rotatable bonds is 8. The summed E-state index contributed by atoms with van der Waals surface area (Å²) < 4.78 is 11.7. The van der Waals surface area contributed by atoms with Gasteiger partial charge in [0.1, 0.15) is 6.61 Å². The summed E-state index contributed by atoms with van der Waals surface area (Å²) in [5.41, 5.74) is 2.50. The molecule has 34 heavy (non-hydrogen) atoms. The van der Waals surface area contributed by atoms with E-state index in [1.54, 1.807) is 36.4 Å². The number of amides is 2. The van der Waals surface area contributed by atoms with Gasteiger partial charge in [0, 0.05) is 0 Å². The molecule has 8 heteroatoms. The van der Waals surface area contributed by atoms with Gasteiger partial charge in [-0.25, -0.2) is 0 Å². The highest BCUT2D eigenvalue weighted by Crippen LogP contribution is 2.36. The van der Waals surface area contributed by atoms with E-state index < -0.39 is 0 Å². The van der Waals surface area contributed by atoms with Crippen molar-refractivity contribution in [3.8, 4) is 11.5 Å². The van der Waals surface area contributed by atoms with Crippen LogP contribution in [-0.2, 0) is 17.9 Å². The van der Waals surface area contributed by atoms with Crippen LogP contribution in [0.5, 0.6) is 11.5 Å². The van der Waals surface area contributed by atoms with Gasteiger partial charge >= 0.3 is 0 Å². The van der Waals surface area contributed by atoms with Crippen LogP contribution in [0.25, 0.3) is 6.08 Å². The van der Waals surface area contributed by atoms with Crippen molar-refractivity contribution in [1.29, 1.82) is 0 Å². The number of hydrogen-bond donors (Lipinski definition) is 0. The molecule has 0 aliphatic carbocycles. The molecular weight excluding hydrogens is 493 g/mol. The van der Waals surface area contributed by atoms with Gasteiger partial charge in [0.15, 0.2) is 11.5 Å². The molecule has 5 nitrogen and oxygen atoms in total. The molecule has 1 saturated heterocycles. The lowest BCUT2D eigenvalue weighted by molar-refractivity contribution is -0.123. The number of carbonyl (C=O) groups is 2. The Morgan fingerprint density at radius 1 is 0.882 bits per heavy atom. The van der Waals surface area contributed by atoms with Crippen LogP contribution in [0.1, 0.15) is 23.6 Å². The Hall–Kier alpha value is -2.93. The van der Waals surface area contributed by atoms with Crippen LogP contribution < -0.4 is 9.47 Å². The molecule has 1 fully saturated rings. The quantitative estimate of drug-likeness (QED) is 0.298. The van der Waals surface area contributed by atoms with E-state index in [4.69, 9.17) is 32.7 Å². The number of imide groups is 1. The van der Waals surface area contributed by atoms with Gasteiger partial charge in [0.05, 0.1) is 28.1 Å². The number of halogens is 2. The zero-order chi connectivity index (χ0) is 24.1. The molecule has 1 heterocycles. The fraction of sp³-hybridized carbons (Fsp3) is 0.154. The number of ether oxygens (including phenoxy) is 2. The lowest BCUT2D eigenvalue weighted by atomic mass is 10.1. The normalized spacial score (nSPS) is 14.7. The molecule has 1 aliphatic rings. The fourth-order valence-electron chi connectivity index (χ4n) is 3.35. The van der Waals surface area contributed by atoms with Crippen molar-refractivity contribution in [3.05, 3.63) is 98.4 Å². The molecule has 0 saturated carbocycles. The zero-order valence-corrected chi connectivity index (χ0v) is 20.6. The lowest BCUT2D eigenvalue weighted by Gasteiger charge is -2.13. The molecule has 0 bridgehead atoms. The second-order valence-corrected chi connectivity index (χ2v) is 9.24. The Bertz CT molecular complexity index is 1250. The number of carbonyl (C=O) groups excluding carboxylic acids is 2. The number of hydrogen-bond acceptors (Lipinski definition) is 5. The van der Waals surface area contributed by atoms with E-state index in [9.17, 15) is 9.59 Å². The average Bonchev–Trinajstić information content (AvgIpc) is 3.09. The predicted octanol–water partition coefficient (Wildman–Crippen LogP) is 7.21. The third-order valence-electron chi connectivity index (χ3n) is 5.00. The highest BCUT2D eigenvalue weighted by Gasteiger charge is 2.35. The molecule has 0 unspecified atom stereocenters. The van der Waals surface area contributed by atoms with Crippen LogP contribution in [0.3, 0.4) is 0 Å². The Labute approximate surface area is 212 Å². The summed E-state index contributed by atoms with van der Waals surface area (Å²) in [4.78, 5) is 27.0. The SMILES string of the molecule is CCOc1cc(/C=C2\SC(=O)N(Cc3ccc(Cl)c(Cl)c3)C2=O)ccc1OCc1ccccc1. The summed E-state index contributed by atoms with van der Waals surface area (Å²) in [6.07, 6.45) is 1.68. The maximum Gasteiger partial charge on any atom is 0.293 e. The van der Waals surface area contributed by atoms with Gasteiger partial charge in [0.2, 0.25) is 0 Å². The van der Waals surface area contributed by atoms with Crippen molar-refractivity contribution >= 4 is 52.2 Å². The summed E-state index contributed by atoms with van der Waals surface area (Å²) in [7, 11) is 0. The van der Waals surface area contributed by atoms with E-state index in [2.05, 4.69) is 0 Å². The second-order valence-electron chi connectivity index (χ2n) is 7.43. The molecule has 0 atom stereocenters. The third kappa shape index (κ3) is 5.76. The summed E-state index contributed by atoms with van der Waals surface area (Å²) in [6, 6.07) is 20.3. The summed E-state index contributed by atoms with van der Waals surface area (Å²) in [5.74, 6) is 0.821. The first-order chi connectivity index (χ1) is 16.4. The predicted molar refractivity (Wildman–Crippen MR) is 136 cm³/mol. The molecule has 4 rings (SSSR count). The van der Waals surface area contributed by atoms with E-state index in [1.807, 2.05) is 43.3 Å². The number of nitrogens with zero attached hydrogens (tertiary/aromatic N) is 1. The molecule has 2 amide bonds. The van der Waals surface area contributed by atoms with Crippen molar-refractivity contribution in [1.82, 2.24) is 4.90 Å². The first-order valence-corrected chi connectivity index (χ1v) is 12.1. The smallest absolute Gasteiger partial charge is 0.293 e. The van der Waals surface area contributed by atoms with E-state index in [0.29, 0.717) is 39.7 Å². The van der Waals surface area contributed by atoms with E-state index >= 15 is 0 Å². The van der Waals surface area contributed by atoms with Crippen molar-refractivity contribution < 1.29 is 19.1 Å². The van der Waals surface area contributed by atoms with Crippen molar-refractivity contribution in [2.45, 2.75) is 20.1 Å². The first kappa shape index (κ1) is 24.2. The number of thioether (sulfide) groups is 1. The minimum atomic E-state index is -0.358. The maximum atomic E-state index is 12.9. The molecule has 174 valence electrons. The Morgan fingerprint density at radius 3 is 2.41 bits per heavy atom. The molecule has 3 aromatic rings. The van der Waals surface area contributed by atoms with Gasteiger partial charge in [-0.3, -0.25) is 14.5 Å². The van der Waals surface area contributed by atoms with Gasteiger partial charge < -0.3 is 9.47 Å². The minimum absolute atomic E-state index is 0.120. The van der Waals surface area contributed by atoms with Crippen LogP contribution in [0.2, 0.25) is 10.0 Å². The van der Waals surface area contributed by atoms with E-state index in [-0.39, 0.29) is 17.7 Å². The van der Waals surface area contributed by atoms with E-state index in [0.717, 1.165) is 28.5 Å². The van der Waals surface area contributed by atoms with Gasteiger partial charge in [0.25, 0.3) is 11.1 Å². The summed E-state index contributed by atoms with van der Waals surface area (Å²) in [6.45, 7) is 2.89. The summed E-state index contributed by atoms with van der Waals surface area (Å²) >= 11 is 12.9. The van der Waals surface area contributed by atoms with Gasteiger partial charge in [-0.1, -0.05) is 65.7 Å². The summed E-state index contributed by atoms with van der Waals surface area (Å²) in [5, 5.41) is 0.454. The second kappa shape index (κ2) is 11.0. The molecular formula is C26H21Cl2NO4S. The third-order valence-corrected chi connectivity index (χ3v) is 6.65. The van der Waals surface area contributed by atoms with Gasteiger partial charge in [-0.2, -0.15) is 0 Å². The standard InChI is InChI=1S/C26H21Cl2NO4S/c1-2-32-23-13-18(9-11-22(23)33-16-17-6-4-3-5-7-17)14-24-25(30)29(26(31)34-24)15-19-8-10-20(27)21(28)12-19/h3-14H,2,15-16H2,1H3/b24-14-. The molecule has 0 N–H and O–H groups in total. The van der Waals surface area contributed by atoms with Crippen LogP contribution in [0.4, 0.5) is 4.79 Å². The van der Waals surface area contributed by atoms with E-state index in [1.165, 1.54) is 4.90 Å². The lowest BCUT2D eigenvalue weighted by Crippen LogP contribution is -2.27. The van der Waals surface area contributed by atoms with Crippen LogP contribution >= 0.6 is 35.0 Å². The fourth-order valence-corrected chi connectivity index (χ4v) is 4.50. The topological polar surface area (TPSA) is 55.8 Å². The van der Waals surface area contributed by atoms with Crippen molar-refractivity contribution in [2.24, 2.45) is 0 Å². The molecule has 0 radical (unpaired) electrons. The Kier molecular flexibility index (Phi) is 7.83. The molecule has 3 aromatic carbocycles. The average molecular weight is 514 g/mol. The highest BCUT2D eigenvalue weighted by molar-refractivity contribution is 8.18. The van der Waals surface area contributed by atoms with Crippen LogP contribution in [0.15, 0.2) is 71.6 Å². The maximum absolute atomic E-state index is 12.9. The van der Waals surface area contributed by atoms with Crippen molar-refractivity contribution in [2.75, 3.05) is 6.61 Å². The molecule has 0 aromatic heterocycles. The Balaban J connectivity index is 1.51. The highest BCUT2D eigenvalue weighted by atomic mass is 35.5. The minimum Gasteiger partial charge on any atom is -0.490 e. The zero-order valence-electron chi connectivity index (χ0n) is 18.3. The Morgan fingerprint density at radius 2 is 1.68 bits per heavy atom. The van der Waals surface area contributed by atoms with Crippen LogP contribution in [-0.4, -0.2) is 22.7 Å². The molecule has 0 spiro atoms. The molecule has 1 aliphatic heterocycles. The van der Waals surface area contributed by atoms with Crippen LogP contribution in [0, 0.1) is 0 Å². The van der Waals surface area contributed by atoms with Gasteiger partial charge in [-0.05, 0) is 65.7 Å². The number of benzene rings is 3. The van der Waals surface area contributed by atoms with Gasteiger partial charge in [-0.15, -0.1) is 0 Å².